The average molecular weight is 276 g/mol. The van der Waals surface area contributed by atoms with Gasteiger partial charge in [-0.15, -0.1) is 0 Å². The Balaban J connectivity index is 2.03. The van der Waals surface area contributed by atoms with E-state index in [-0.39, 0.29) is 0 Å². The van der Waals surface area contributed by atoms with E-state index < -0.39 is 0 Å². The topological polar surface area (TPSA) is 36.9 Å². The Kier molecular flexibility index (Phi) is 4.50. The Morgan fingerprint density at radius 3 is 2.58 bits per heavy atom. The molecule has 1 N–H and O–H groups in total. The largest absolute Gasteiger partial charge is 0.283 e. The van der Waals surface area contributed by atoms with Crippen LogP contribution < -0.4 is 0 Å². The maximum Gasteiger partial charge on any atom is 0.217 e. The van der Waals surface area contributed by atoms with Crippen molar-refractivity contribution in [1.29, 1.82) is 0 Å². The van der Waals surface area contributed by atoms with Crippen molar-refractivity contribution in [3.63, 3.8) is 0 Å². The second-order valence-electron chi connectivity index (χ2n) is 5.12. The zero-order chi connectivity index (χ0) is 13.8. The van der Waals surface area contributed by atoms with E-state index in [0.717, 1.165) is 12.4 Å². The number of rotatable bonds is 5. The third kappa shape index (κ3) is 3.75. The van der Waals surface area contributed by atoms with Crippen LogP contribution in [0.1, 0.15) is 31.2 Å². The SMILES string of the molecule is CC(C)c1nc(=S)n(CN(C)Cc2ccccc2)[nH]1. The van der Waals surface area contributed by atoms with Gasteiger partial charge >= 0.3 is 0 Å². The van der Waals surface area contributed by atoms with Crippen LogP contribution in [0.5, 0.6) is 0 Å². The third-order valence-corrected chi connectivity index (χ3v) is 3.23. The van der Waals surface area contributed by atoms with E-state index in [1.54, 1.807) is 0 Å². The molecular weight excluding hydrogens is 256 g/mol. The Hall–Kier alpha value is -1.46. The van der Waals surface area contributed by atoms with Crippen LogP contribution >= 0.6 is 12.2 Å². The maximum atomic E-state index is 5.27. The molecule has 0 radical (unpaired) electrons. The van der Waals surface area contributed by atoms with Crippen molar-refractivity contribution >= 4 is 12.2 Å². The Bertz CT molecular complexity index is 571. The number of hydrogen-bond donors (Lipinski definition) is 1. The van der Waals surface area contributed by atoms with Gasteiger partial charge in [0.15, 0.2) is 0 Å². The summed E-state index contributed by atoms with van der Waals surface area (Å²) in [6.45, 7) is 5.81. The highest BCUT2D eigenvalue weighted by atomic mass is 32.1. The first kappa shape index (κ1) is 14.0. The van der Waals surface area contributed by atoms with Gasteiger partial charge < -0.3 is 0 Å². The molecular formula is C14H20N4S. The molecule has 0 saturated heterocycles. The normalized spacial score (nSPS) is 11.4. The fourth-order valence-electron chi connectivity index (χ4n) is 1.92. The summed E-state index contributed by atoms with van der Waals surface area (Å²) in [4.78, 5) is 6.57. The summed E-state index contributed by atoms with van der Waals surface area (Å²) < 4.78 is 2.52. The summed E-state index contributed by atoms with van der Waals surface area (Å²) in [6, 6.07) is 10.4. The molecule has 2 rings (SSSR count). The van der Waals surface area contributed by atoms with Crippen LogP contribution in [0.4, 0.5) is 0 Å². The van der Waals surface area contributed by atoms with Crippen LogP contribution in [-0.2, 0) is 13.2 Å². The molecule has 0 atom stereocenters. The molecule has 0 amide bonds. The monoisotopic (exact) mass is 276 g/mol. The lowest BCUT2D eigenvalue weighted by atomic mass is 10.2. The van der Waals surface area contributed by atoms with E-state index in [1.807, 2.05) is 10.7 Å². The van der Waals surface area contributed by atoms with Crippen molar-refractivity contribution in [3.8, 4) is 0 Å². The molecule has 0 fully saturated rings. The van der Waals surface area contributed by atoms with E-state index in [9.17, 15) is 0 Å². The van der Waals surface area contributed by atoms with Gasteiger partial charge in [-0.2, -0.15) is 0 Å². The number of nitrogens with one attached hydrogen (secondary N) is 1. The first-order valence-corrected chi connectivity index (χ1v) is 6.86. The van der Waals surface area contributed by atoms with Gasteiger partial charge in [0.05, 0.1) is 6.67 Å². The molecule has 0 bridgehead atoms. The van der Waals surface area contributed by atoms with Gasteiger partial charge in [-0.25, -0.2) is 9.67 Å². The smallest absolute Gasteiger partial charge is 0.217 e. The maximum absolute atomic E-state index is 5.27. The van der Waals surface area contributed by atoms with Crippen LogP contribution in [0.3, 0.4) is 0 Å². The summed E-state index contributed by atoms with van der Waals surface area (Å²) >= 11 is 5.27. The minimum absolute atomic E-state index is 0.363. The first-order valence-electron chi connectivity index (χ1n) is 6.45. The van der Waals surface area contributed by atoms with Crippen molar-refractivity contribution in [1.82, 2.24) is 19.7 Å². The Labute approximate surface area is 119 Å². The van der Waals surface area contributed by atoms with Crippen molar-refractivity contribution in [2.24, 2.45) is 0 Å². The Morgan fingerprint density at radius 1 is 1.32 bits per heavy atom. The number of nitrogens with zero attached hydrogens (tertiary/aromatic N) is 3. The van der Waals surface area contributed by atoms with Crippen molar-refractivity contribution in [3.05, 3.63) is 46.5 Å². The van der Waals surface area contributed by atoms with E-state index in [0.29, 0.717) is 17.4 Å². The average Bonchev–Trinajstić information content (AvgIpc) is 2.72. The molecule has 0 spiro atoms. The van der Waals surface area contributed by atoms with Crippen molar-refractivity contribution < 1.29 is 0 Å². The number of H-pyrrole nitrogens is 1. The molecule has 0 aliphatic heterocycles. The predicted molar refractivity (Wildman–Crippen MR) is 79.4 cm³/mol. The van der Waals surface area contributed by atoms with Gasteiger partial charge in [-0.3, -0.25) is 10.00 Å². The molecule has 102 valence electrons. The van der Waals surface area contributed by atoms with Gasteiger partial charge in [0, 0.05) is 12.5 Å². The van der Waals surface area contributed by atoms with Crippen molar-refractivity contribution in [2.45, 2.75) is 33.0 Å². The van der Waals surface area contributed by atoms with Crippen LogP contribution in [0.2, 0.25) is 0 Å². The number of benzene rings is 1. The van der Waals surface area contributed by atoms with E-state index >= 15 is 0 Å². The van der Waals surface area contributed by atoms with Gasteiger partial charge in [-0.05, 0) is 24.8 Å². The third-order valence-electron chi connectivity index (χ3n) is 2.92. The molecule has 2 aromatic rings. The lowest BCUT2D eigenvalue weighted by molar-refractivity contribution is 0.243. The van der Waals surface area contributed by atoms with Crippen LogP contribution in [0, 0.1) is 4.77 Å². The second-order valence-corrected chi connectivity index (χ2v) is 5.48. The molecule has 1 aromatic carbocycles. The molecule has 4 nitrogen and oxygen atoms in total. The highest BCUT2D eigenvalue weighted by Crippen LogP contribution is 2.09. The first-order chi connectivity index (χ1) is 9.06. The minimum atomic E-state index is 0.363. The second kappa shape index (κ2) is 6.12. The van der Waals surface area contributed by atoms with Gasteiger partial charge in [0.1, 0.15) is 5.82 Å². The highest BCUT2D eigenvalue weighted by Gasteiger charge is 2.08. The fraction of sp³-hybridized carbons (Fsp3) is 0.429. The van der Waals surface area contributed by atoms with E-state index in [4.69, 9.17) is 12.2 Å². The summed E-state index contributed by atoms with van der Waals surface area (Å²) in [6.07, 6.45) is 0. The summed E-state index contributed by atoms with van der Waals surface area (Å²) in [7, 11) is 2.07. The zero-order valence-electron chi connectivity index (χ0n) is 11.6. The molecule has 0 aliphatic rings. The molecule has 1 heterocycles. The number of aromatic nitrogens is 3. The number of aromatic amines is 1. The van der Waals surface area contributed by atoms with Gasteiger partial charge in [-0.1, -0.05) is 44.2 Å². The quantitative estimate of drug-likeness (QED) is 0.852. The fourth-order valence-corrected chi connectivity index (χ4v) is 2.12. The summed E-state index contributed by atoms with van der Waals surface area (Å²) in [5.41, 5.74) is 1.29. The van der Waals surface area contributed by atoms with Gasteiger partial charge in [0.2, 0.25) is 4.77 Å². The van der Waals surface area contributed by atoms with E-state index in [1.165, 1.54) is 5.56 Å². The van der Waals surface area contributed by atoms with Crippen molar-refractivity contribution in [2.75, 3.05) is 7.05 Å². The molecule has 19 heavy (non-hydrogen) atoms. The highest BCUT2D eigenvalue weighted by molar-refractivity contribution is 7.71. The summed E-state index contributed by atoms with van der Waals surface area (Å²) in [5, 5.41) is 3.26. The predicted octanol–water partition coefficient (Wildman–Crippen LogP) is 3.15. The number of hydrogen-bond acceptors (Lipinski definition) is 3. The standard InChI is InChI=1S/C14H20N4S/c1-11(2)13-15-14(19)18(16-13)10-17(3)9-12-7-5-4-6-8-12/h4-8,11H,9-10H2,1-3H3,(H,15,16,19). The van der Waals surface area contributed by atoms with Crippen LogP contribution in [-0.4, -0.2) is 26.7 Å². The molecule has 0 aliphatic carbocycles. The molecule has 0 unspecified atom stereocenters. The lowest BCUT2D eigenvalue weighted by Crippen LogP contribution is -2.22. The molecule has 5 heteroatoms. The summed E-state index contributed by atoms with van der Waals surface area (Å²) in [5.74, 6) is 1.31. The minimum Gasteiger partial charge on any atom is -0.283 e. The Morgan fingerprint density at radius 2 is 2.00 bits per heavy atom. The van der Waals surface area contributed by atoms with E-state index in [2.05, 4.69) is 60.1 Å². The molecule has 1 aromatic heterocycles. The lowest BCUT2D eigenvalue weighted by Gasteiger charge is -2.16. The molecule has 0 saturated carbocycles. The van der Waals surface area contributed by atoms with Gasteiger partial charge in [0.25, 0.3) is 0 Å². The van der Waals surface area contributed by atoms with Crippen LogP contribution in [0.15, 0.2) is 30.3 Å². The zero-order valence-corrected chi connectivity index (χ0v) is 12.4. The van der Waals surface area contributed by atoms with Crippen LogP contribution in [0.25, 0.3) is 0 Å².